The van der Waals surface area contributed by atoms with Crippen molar-refractivity contribution in [3.05, 3.63) is 59.7 Å². The van der Waals surface area contributed by atoms with E-state index in [1.807, 2.05) is 24.3 Å². The molecule has 21 heavy (non-hydrogen) atoms. The number of hydrogen-bond acceptors (Lipinski definition) is 3. The highest BCUT2D eigenvalue weighted by Gasteiger charge is 2.26. The van der Waals surface area contributed by atoms with Crippen molar-refractivity contribution in [1.82, 2.24) is 10.4 Å². The van der Waals surface area contributed by atoms with E-state index in [2.05, 4.69) is 10.4 Å². The van der Waals surface area contributed by atoms with E-state index in [1.165, 1.54) is 6.20 Å². The summed E-state index contributed by atoms with van der Waals surface area (Å²) >= 11 is 0. The number of anilines is 1. The van der Waals surface area contributed by atoms with Crippen LogP contribution in [0.3, 0.4) is 0 Å². The molecule has 1 aliphatic rings. The molecule has 0 radical (unpaired) electrons. The Labute approximate surface area is 122 Å². The lowest BCUT2D eigenvalue weighted by Crippen LogP contribution is -2.41. The van der Waals surface area contributed by atoms with E-state index in [9.17, 15) is 9.18 Å². The highest BCUT2D eigenvalue weighted by molar-refractivity contribution is 6.00. The number of aryl methyl sites for hydroxylation is 1. The Bertz CT molecular complexity index is 659. The maximum Gasteiger partial charge on any atom is 0.245 e. The van der Waals surface area contributed by atoms with Crippen LogP contribution in [-0.2, 0) is 17.6 Å². The molecule has 2 heterocycles. The molecular formula is C16H16FN3O. The summed E-state index contributed by atoms with van der Waals surface area (Å²) in [6.45, 7) is 0.613. The average molecular weight is 285 g/mol. The normalized spacial score (nSPS) is 13.6. The molecule has 5 heteroatoms. The number of fused-ring (bicyclic) bond motifs is 1. The van der Waals surface area contributed by atoms with Gasteiger partial charge in [-0.2, -0.15) is 0 Å². The molecular weight excluding hydrogens is 269 g/mol. The maximum atomic E-state index is 13.4. The first kappa shape index (κ1) is 13.7. The van der Waals surface area contributed by atoms with E-state index in [-0.39, 0.29) is 11.7 Å². The van der Waals surface area contributed by atoms with Crippen LogP contribution in [0.1, 0.15) is 17.5 Å². The molecule has 1 aromatic carbocycles. The Hall–Kier alpha value is -2.27. The number of rotatable bonds is 5. The fourth-order valence-electron chi connectivity index (χ4n) is 2.50. The van der Waals surface area contributed by atoms with Gasteiger partial charge in [0.1, 0.15) is 5.82 Å². The zero-order chi connectivity index (χ0) is 14.7. The van der Waals surface area contributed by atoms with Crippen LogP contribution in [0.4, 0.5) is 10.1 Å². The van der Waals surface area contributed by atoms with Gasteiger partial charge in [-0.05, 0) is 36.1 Å². The molecule has 4 nitrogen and oxygen atoms in total. The Morgan fingerprint density at radius 3 is 3.00 bits per heavy atom. The van der Waals surface area contributed by atoms with Crippen molar-refractivity contribution in [3.8, 4) is 0 Å². The smallest absolute Gasteiger partial charge is 0.245 e. The number of hydrazine groups is 1. The molecule has 2 aromatic rings. The van der Waals surface area contributed by atoms with Crippen LogP contribution in [0.25, 0.3) is 0 Å². The minimum Gasteiger partial charge on any atom is -0.273 e. The van der Waals surface area contributed by atoms with Gasteiger partial charge < -0.3 is 0 Å². The van der Waals surface area contributed by atoms with E-state index in [1.54, 1.807) is 17.3 Å². The van der Waals surface area contributed by atoms with Crippen molar-refractivity contribution >= 4 is 11.6 Å². The monoisotopic (exact) mass is 285 g/mol. The Morgan fingerprint density at radius 2 is 2.14 bits per heavy atom. The van der Waals surface area contributed by atoms with Crippen LogP contribution >= 0.6 is 0 Å². The second-order valence-electron chi connectivity index (χ2n) is 5.01. The Balaban J connectivity index is 1.54. The van der Waals surface area contributed by atoms with Crippen molar-refractivity contribution in [2.75, 3.05) is 11.6 Å². The first-order valence-electron chi connectivity index (χ1n) is 6.98. The summed E-state index contributed by atoms with van der Waals surface area (Å²) in [5, 5.41) is 1.60. The van der Waals surface area contributed by atoms with E-state index in [0.29, 0.717) is 24.9 Å². The molecule has 1 aliphatic heterocycles. The summed E-state index contributed by atoms with van der Waals surface area (Å²) in [4.78, 5) is 15.7. The van der Waals surface area contributed by atoms with Crippen LogP contribution < -0.4 is 10.4 Å². The van der Waals surface area contributed by atoms with Crippen LogP contribution in [0.2, 0.25) is 0 Å². The maximum absolute atomic E-state index is 13.4. The number of carbonyl (C=O) groups is 1. The minimum atomic E-state index is -0.278. The molecule has 0 spiro atoms. The van der Waals surface area contributed by atoms with Gasteiger partial charge in [-0.1, -0.05) is 18.2 Å². The number of nitrogens with zero attached hydrogens (tertiary/aromatic N) is 2. The molecule has 1 N–H and O–H groups in total. The van der Waals surface area contributed by atoms with Gasteiger partial charge in [0.05, 0.1) is 18.3 Å². The van der Waals surface area contributed by atoms with Crippen molar-refractivity contribution in [2.45, 2.75) is 19.3 Å². The zero-order valence-corrected chi connectivity index (χ0v) is 11.6. The van der Waals surface area contributed by atoms with Gasteiger partial charge in [0.25, 0.3) is 0 Å². The van der Waals surface area contributed by atoms with Gasteiger partial charge in [-0.3, -0.25) is 9.78 Å². The summed E-state index contributed by atoms with van der Waals surface area (Å²) in [5.74, 6) is -0.230. The van der Waals surface area contributed by atoms with E-state index < -0.39 is 0 Å². The number of carbonyl (C=O) groups excluding carboxylic acids is 1. The highest BCUT2D eigenvalue weighted by atomic mass is 19.1. The summed E-state index contributed by atoms with van der Waals surface area (Å²) in [6, 6.07) is 9.42. The zero-order valence-electron chi connectivity index (χ0n) is 11.6. The van der Waals surface area contributed by atoms with Gasteiger partial charge in [0.15, 0.2) is 0 Å². The molecule has 0 aliphatic carbocycles. The fraction of sp³-hybridized carbons (Fsp3) is 0.250. The second-order valence-corrected chi connectivity index (χ2v) is 5.01. The van der Waals surface area contributed by atoms with Gasteiger partial charge in [-0.25, -0.2) is 14.8 Å². The third kappa shape index (κ3) is 2.92. The van der Waals surface area contributed by atoms with Crippen molar-refractivity contribution in [3.63, 3.8) is 0 Å². The number of amides is 1. The number of aromatic nitrogens is 1. The third-order valence-electron chi connectivity index (χ3n) is 3.57. The number of nitrogens with one attached hydrogen (secondary N) is 1. The van der Waals surface area contributed by atoms with Crippen LogP contribution in [0, 0.1) is 5.82 Å². The van der Waals surface area contributed by atoms with Crippen LogP contribution in [0.5, 0.6) is 0 Å². The topological polar surface area (TPSA) is 45.2 Å². The Morgan fingerprint density at radius 1 is 1.29 bits per heavy atom. The largest absolute Gasteiger partial charge is 0.273 e. The molecule has 0 unspecified atom stereocenters. The molecule has 0 saturated carbocycles. The van der Waals surface area contributed by atoms with E-state index in [0.717, 1.165) is 17.7 Å². The van der Waals surface area contributed by atoms with Gasteiger partial charge in [0.2, 0.25) is 5.91 Å². The minimum absolute atomic E-state index is 0.0475. The summed E-state index contributed by atoms with van der Waals surface area (Å²) in [6.07, 6.45) is 4.61. The molecule has 1 aromatic heterocycles. The summed E-state index contributed by atoms with van der Waals surface area (Å²) in [7, 11) is 0. The number of pyridine rings is 1. The number of para-hydroxylation sites is 1. The molecule has 0 bridgehead atoms. The van der Waals surface area contributed by atoms with Crippen molar-refractivity contribution in [2.24, 2.45) is 0 Å². The lowest BCUT2D eigenvalue weighted by molar-refractivity contribution is -0.118. The Kier molecular flexibility index (Phi) is 3.92. The van der Waals surface area contributed by atoms with Gasteiger partial charge in [0, 0.05) is 12.7 Å². The molecule has 108 valence electrons. The quantitative estimate of drug-likeness (QED) is 0.857. The molecule has 0 fully saturated rings. The predicted molar refractivity (Wildman–Crippen MR) is 78.2 cm³/mol. The van der Waals surface area contributed by atoms with E-state index in [4.69, 9.17) is 0 Å². The summed E-state index contributed by atoms with van der Waals surface area (Å²) < 4.78 is 13.4. The lowest BCUT2D eigenvalue weighted by Gasteiger charge is -2.18. The summed E-state index contributed by atoms with van der Waals surface area (Å²) in [5.41, 5.74) is 5.73. The highest BCUT2D eigenvalue weighted by Crippen LogP contribution is 2.26. The number of hydrogen-bond donors (Lipinski definition) is 1. The average Bonchev–Trinajstić information content (AvgIpc) is 2.81. The SMILES string of the molecule is O=C1Cc2ccccc2N1NCCCc1ccncc1F. The molecule has 0 atom stereocenters. The molecule has 0 saturated heterocycles. The second kappa shape index (κ2) is 6.01. The lowest BCUT2D eigenvalue weighted by atomic mass is 10.1. The third-order valence-corrected chi connectivity index (χ3v) is 3.57. The number of benzene rings is 1. The predicted octanol–water partition coefficient (Wildman–Crippen LogP) is 2.25. The molecule has 1 amide bonds. The van der Waals surface area contributed by atoms with Crippen molar-refractivity contribution < 1.29 is 9.18 Å². The van der Waals surface area contributed by atoms with Crippen LogP contribution in [-0.4, -0.2) is 17.4 Å². The van der Waals surface area contributed by atoms with Crippen LogP contribution in [0.15, 0.2) is 42.7 Å². The first-order chi connectivity index (χ1) is 10.3. The standard InChI is InChI=1S/C16H16FN3O/c17-14-11-18-9-7-12(14)5-3-8-19-20-15-6-2-1-4-13(15)10-16(20)21/h1-2,4,6-7,9,11,19H,3,5,8,10H2. The molecule has 3 rings (SSSR count). The first-order valence-corrected chi connectivity index (χ1v) is 6.98. The fourth-order valence-corrected chi connectivity index (χ4v) is 2.50. The number of halogens is 1. The van der Waals surface area contributed by atoms with E-state index >= 15 is 0 Å². The van der Waals surface area contributed by atoms with Gasteiger partial charge >= 0.3 is 0 Å². The van der Waals surface area contributed by atoms with Crippen molar-refractivity contribution in [1.29, 1.82) is 0 Å². The van der Waals surface area contributed by atoms with Gasteiger partial charge in [-0.15, -0.1) is 0 Å².